The minimum atomic E-state index is 0.574. The zero-order chi connectivity index (χ0) is 12.1. The number of fused-ring (bicyclic) bond motifs is 2. The van der Waals surface area contributed by atoms with E-state index in [9.17, 15) is 0 Å². The van der Waals surface area contributed by atoms with E-state index in [1.165, 1.54) is 45.1 Å². The van der Waals surface area contributed by atoms with Gasteiger partial charge in [-0.3, -0.25) is 9.58 Å². The second kappa shape index (κ2) is 4.24. The van der Waals surface area contributed by atoms with Crippen LogP contribution in [0.1, 0.15) is 44.6 Å². The van der Waals surface area contributed by atoms with Crippen molar-refractivity contribution in [1.29, 1.82) is 0 Å². The van der Waals surface area contributed by atoms with Gasteiger partial charge in [-0.15, -0.1) is 0 Å². The van der Waals surface area contributed by atoms with Crippen molar-refractivity contribution in [3.63, 3.8) is 0 Å². The molecule has 4 heteroatoms. The number of halogens is 1. The number of hydrogen-bond donors (Lipinski definition) is 0. The van der Waals surface area contributed by atoms with Gasteiger partial charge in [0.25, 0.3) is 0 Å². The molecular formula is C14H20ClN3. The largest absolute Gasteiger partial charge is 0.297 e. The Bertz CT molecular complexity index is 426. The van der Waals surface area contributed by atoms with Crippen LogP contribution < -0.4 is 0 Å². The van der Waals surface area contributed by atoms with Crippen molar-refractivity contribution in [3.05, 3.63) is 17.4 Å². The molecule has 2 saturated heterocycles. The molecule has 1 aliphatic carbocycles. The second-order valence-corrected chi connectivity index (χ2v) is 6.73. The van der Waals surface area contributed by atoms with Gasteiger partial charge in [-0.05, 0) is 44.4 Å². The molecule has 3 aliphatic rings. The minimum Gasteiger partial charge on any atom is -0.297 e. The van der Waals surface area contributed by atoms with E-state index in [0.29, 0.717) is 6.04 Å². The molecule has 2 aliphatic heterocycles. The van der Waals surface area contributed by atoms with Crippen LogP contribution in [0.5, 0.6) is 0 Å². The summed E-state index contributed by atoms with van der Waals surface area (Å²) in [7, 11) is 0. The van der Waals surface area contributed by atoms with E-state index in [2.05, 4.69) is 14.7 Å². The van der Waals surface area contributed by atoms with Gasteiger partial charge >= 0.3 is 0 Å². The van der Waals surface area contributed by atoms with E-state index in [0.717, 1.165) is 23.0 Å². The van der Waals surface area contributed by atoms with E-state index in [-0.39, 0.29) is 0 Å². The molecule has 98 valence electrons. The third kappa shape index (κ3) is 1.97. The fourth-order valence-electron chi connectivity index (χ4n) is 3.87. The SMILES string of the molecule is Clc1cnn(C2CC3CCC(C2)N3CC2CC2)c1. The van der Waals surface area contributed by atoms with Crippen molar-refractivity contribution in [3.8, 4) is 0 Å². The molecule has 3 heterocycles. The Morgan fingerprint density at radius 3 is 2.39 bits per heavy atom. The maximum absolute atomic E-state index is 5.98. The highest BCUT2D eigenvalue weighted by Gasteiger charge is 2.43. The molecule has 0 spiro atoms. The summed E-state index contributed by atoms with van der Waals surface area (Å²) in [6, 6.07) is 2.18. The normalized spacial score (nSPS) is 36.2. The minimum absolute atomic E-state index is 0.574. The predicted molar refractivity (Wildman–Crippen MR) is 71.7 cm³/mol. The first-order chi connectivity index (χ1) is 8.79. The lowest BCUT2D eigenvalue weighted by atomic mass is 9.97. The quantitative estimate of drug-likeness (QED) is 0.837. The first kappa shape index (κ1) is 11.3. The van der Waals surface area contributed by atoms with Gasteiger partial charge in [0.15, 0.2) is 0 Å². The molecule has 2 unspecified atom stereocenters. The van der Waals surface area contributed by atoms with Crippen LogP contribution in [-0.2, 0) is 0 Å². The zero-order valence-corrected chi connectivity index (χ0v) is 11.4. The molecule has 1 aromatic rings. The van der Waals surface area contributed by atoms with Crippen LogP contribution >= 0.6 is 11.6 Å². The predicted octanol–water partition coefficient (Wildman–Crippen LogP) is 3.11. The third-order valence-electron chi connectivity index (χ3n) is 4.97. The molecule has 0 N–H and O–H groups in total. The smallest absolute Gasteiger partial charge is 0.0785 e. The Labute approximate surface area is 113 Å². The van der Waals surface area contributed by atoms with E-state index < -0.39 is 0 Å². The van der Waals surface area contributed by atoms with Gasteiger partial charge in [0, 0.05) is 24.8 Å². The number of rotatable bonds is 3. The molecule has 2 bridgehead atoms. The standard InChI is InChI=1S/C14H20ClN3/c15-11-7-16-18(9-11)14-5-12-3-4-13(6-14)17(12)8-10-1-2-10/h7,9-10,12-14H,1-6,8H2. The average molecular weight is 266 g/mol. The Morgan fingerprint density at radius 1 is 1.11 bits per heavy atom. The average Bonchev–Trinajstić information content (AvgIpc) is 3.02. The van der Waals surface area contributed by atoms with Crippen molar-refractivity contribution in [2.75, 3.05) is 6.54 Å². The van der Waals surface area contributed by atoms with Crippen LogP contribution in [0, 0.1) is 5.92 Å². The molecule has 0 amide bonds. The summed E-state index contributed by atoms with van der Waals surface area (Å²) in [5, 5.41) is 5.17. The molecule has 0 aromatic carbocycles. The number of aromatic nitrogens is 2. The third-order valence-corrected chi connectivity index (χ3v) is 5.16. The summed E-state index contributed by atoms with van der Waals surface area (Å²) >= 11 is 5.98. The number of piperidine rings is 1. The molecule has 1 aromatic heterocycles. The topological polar surface area (TPSA) is 21.1 Å². The van der Waals surface area contributed by atoms with Gasteiger partial charge in [0.2, 0.25) is 0 Å². The fourth-order valence-corrected chi connectivity index (χ4v) is 4.02. The maximum atomic E-state index is 5.98. The van der Waals surface area contributed by atoms with Crippen LogP contribution in [0.2, 0.25) is 5.02 Å². The van der Waals surface area contributed by atoms with Gasteiger partial charge in [0.1, 0.15) is 0 Å². The highest BCUT2D eigenvalue weighted by molar-refractivity contribution is 6.30. The summed E-state index contributed by atoms with van der Waals surface area (Å²) in [6.07, 6.45) is 12.0. The van der Waals surface area contributed by atoms with Crippen LogP contribution in [0.3, 0.4) is 0 Å². The van der Waals surface area contributed by atoms with E-state index in [4.69, 9.17) is 11.6 Å². The van der Waals surface area contributed by atoms with Crippen molar-refractivity contribution in [2.24, 2.45) is 5.92 Å². The molecule has 4 rings (SSSR count). The molecule has 18 heavy (non-hydrogen) atoms. The van der Waals surface area contributed by atoms with Gasteiger partial charge in [0.05, 0.1) is 17.3 Å². The lowest BCUT2D eigenvalue weighted by Gasteiger charge is -2.39. The first-order valence-corrected chi connectivity index (χ1v) is 7.63. The highest BCUT2D eigenvalue weighted by Crippen LogP contribution is 2.43. The van der Waals surface area contributed by atoms with E-state index in [1.54, 1.807) is 6.20 Å². The zero-order valence-electron chi connectivity index (χ0n) is 10.6. The fraction of sp³-hybridized carbons (Fsp3) is 0.786. The summed E-state index contributed by atoms with van der Waals surface area (Å²) in [6.45, 7) is 1.36. The molecule has 1 saturated carbocycles. The number of nitrogens with zero attached hydrogens (tertiary/aromatic N) is 3. The maximum Gasteiger partial charge on any atom is 0.0785 e. The molecule has 3 nitrogen and oxygen atoms in total. The summed E-state index contributed by atoms with van der Waals surface area (Å²) in [5.74, 6) is 1.02. The van der Waals surface area contributed by atoms with Crippen molar-refractivity contribution in [1.82, 2.24) is 14.7 Å². The lowest BCUT2D eigenvalue weighted by Crippen LogP contribution is -2.44. The molecular weight excluding hydrogens is 246 g/mol. The van der Waals surface area contributed by atoms with Crippen molar-refractivity contribution >= 4 is 11.6 Å². The van der Waals surface area contributed by atoms with Crippen LogP contribution in [0.4, 0.5) is 0 Å². The van der Waals surface area contributed by atoms with Gasteiger partial charge in [-0.25, -0.2) is 0 Å². The molecule has 0 radical (unpaired) electrons. The molecule has 3 fully saturated rings. The van der Waals surface area contributed by atoms with Crippen molar-refractivity contribution in [2.45, 2.75) is 56.7 Å². The van der Waals surface area contributed by atoms with Crippen LogP contribution in [0.25, 0.3) is 0 Å². The van der Waals surface area contributed by atoms with Gasteiger partial charge in [-0.1, -0.05) is 11.6 Å². The second-order valence-electron chi connectivity index (χ2n) is 6.29. The Balaban J connectivity index is 1.48. The molecule has 2 atom stereocenters. The lowest BCUT2D eigenvalue weighted by molar-refractivity contribution is 0.0975. The Morgan fingerprint density at radius 2 is 1.83 bits per heavy atom. The Kier molecular flexibility index (Phi) is 2.66. The first-order valence-electron chi connectivity index (χ1n) is 7.25. The summed E-state index contributed by atoms with van der Waals surface area (Å²) < 4.78 is 2.10. The Hall–Kier alpha value is -0.540. The van der Waals surface area contributed by atoms with Crippen molar-refractivity contribution < 1.29 is 0 Å². The summed E-state index contributed by atoms with van der Waals surface area (Å²) in [4.78, 5) is 2.80. The van der Waals surface area contributed by atoms with Gasteiger partial charge < -0.3 is 0 Å². The summed E-state index contributed by atoms with van der Waals surface area (Å²) in [5.41, 5.74) is 0. The van der Waals surface area contributed by atoms with E-state index >= 15 is 0 Å². The van der Waals surface area contributed by atoms with Gasteiger partial charge in [-0.2, -0.15) is 5.10 Å². The number of hydrogen-bond acceptors (Lipinski definition) is 2. The highest BCUT2D eigenvalue weighted by atomic mass is 35.5. The van der Waals surface area contributed by atoms with E-state index in [1.807, 2.05) is 6.20 Å². The monoisotopic (exact) mass is 265 g/mol. The van der Waals surface area contributed by atoms with Crippen LogP contribution in [-0.4, -0.2) is 33.3 Å². The van der Waals surface area contributed by atoms with Crippen LogP contribution in [0.15, 0.2) is 12.4 Å².